The summed E-state index contributed by atoms with van der Waals surface area (Å²) in [6, 6.07) is 5.62. The van der Waals surface area contributed by atoms with Crippen molar-refractivity contribution in [3.05, 3.63) is 62.6 Å². The van der Waals surface area contributed by atoms with Crippen molar-refractivity contribution in [2.24, 2.45) is 0 Å². The van der Waals surface area contributed by atoms with Gasteiger partial charge < -0.3 is 10.2 Å². The molecule has 0 unspecified atom stereocenters. The largest absolute Gasteiger partial charge is 0.416 e. The van der Waals surface area contributed by atoms with Crippen LogP contribution in [-0.4, -0.2) is 50.0 Å². The predicted molar refractivity (Wildman–Crippen MR) is 146 cm³/mol. The number of alkyl halides is 3. The van der Waals surface area contributed by atoms with Crippen LogP contribution >= 0.6 is 34.8 Å². The number of halogens is 6. The van der Waals surface area contributed by atoms with Crippen LogP contribution in [0.3, 0.4) is 0 Å². The molecule has 0 heterocycles. The molecule has 1 N–H and O–H groups in total. The van der Waals surface area contributed by atoms with Gasteiger partial charge in [0, 0.05) is 22.6 Å². The van der Waals surface area contributed by atoms with Crippen LogP contribution in [0.5, 0.6) is 0 Å². The van der Waals surface area contributed by atoms with E-state index >= 15 is 0 Å². The van der Waals surface area contributed by atoms with Crippen LogP contribution in [0.25, 0.3) is 0 Å². The Morgan fingerprint density at radius 3 is 2.26 bits per heavy atom. The molecule has 2 aromatic rings. The monoisotopic (exact) mass is 627 g/mol. The maximum atomic E-state index is 13.6. The molecule has 0 spiro atoms. The average Bonchev–Trinajstić information content (AvgIpc) is 3.33. The number of anilines is 1. The number of nitrogens with zero attached hydrogens (tertiary/aromatic N) is 2. The quantitative estimate of drug-likeness (QED) is 0.374. The number of rotatable bonds is 9. The van der Waals surface area contributed by atoms with Crippen LogP contribution in [0.15, 0.2) is 36.4 Å². The molecule has 3 rings (SSSR count). The van der Waals surface area contributed by atoms with Gasteiger partial charge in [-0.2, -0.15) is 13.2 Å². The van der Waals surface area contributed by atoms with E-state index in [1.165, 1.54) is 13.0 Å². The molecule has 214 valence electrons. The maximum Gasteiger partial charge on any atom is 0.416 e. The van der Waals surface area contributed by atoms with Gasteiger partial charge in [-0.15, -0.1) is 0 Å². The minimum absolute atomic E-state index is 0.0487. The zero-order valence-electron chi connectivity index (χ0n) is 21.1. The number of nitrogens with one attached hydrogen (secondary N) is 1. The van der Waals surface area contributed by atoms with Crippen molar-refractivity contribution in [1.29, 1.82) is 0 Å². The second-order valence-corrected chi connectivity index (χ2v) is 12.5. The Labute approximate surface area is 240 Å². The van der Waals surface area contributed by atoms with Crippen molar-refractivity contribution >= 4 is 62.3 Å². The Balaban J connectivity index is 1.98. The van der Waals surface area contributed by atoms with E-state index in [1.54, 1.807) is 12.1 Å². The lowest BCUT2D eigenvalue weighted by Gasteiger charge is -2.32. The van der Waals surface area contributed by atoms with Gasteiger partial charge >= 0.3 is 6.18 Å². The third kappa shape index (κ3) is 8.15. The zero-order chi connectivity index (χ0) is 29.1. The third-order valence-corrected chi connectivity index (χ3v) is 8.48. The fourth-order valence-electron chi connectivity index (χ4n) is 4.28. The summed E-state index contributed by atoms with van der Waals surface area (Å²) in [5, 5.41) is 3.16. The Morgan fingerprint density at radius 1 is 1.05 bits per heavy atom. The smallest absolute Gasteiger partial charge is 0.352 e. The Kier molecular flexibility index (Phi) is 10.1. The number of hydrogen-bond acceptors (Lipinski definition) is 4. The van der Waals surface area contributed by atoms with Crippen molar-refractivity contribution in [1.82, 2.24) is 10.2 Å². The van der Waals surface area contributed by atoms with Gasteiger partial charge in [0.25, 0.3) is 0 Å². The van der Waals surface area contributed by atoms with Crippen LogP contribution in [0, 0.1) is 0 Å². The average molecular weight is 629 g/mol. The van der Waals surface area contributed by atoms with Crippen molar-refractivity contribution in [3.8, 4) is 0 Å². The Bertz CT molecular complexity index is 1340. The highest BCUT2D eigenvalue weighted by molar-refractivity contribution is 7.92. The summed E-state index contributed by atoms with van der Waals surface area (Å²) in [6.07, 6.45) is -0.520. The molecule has 0 saturated heterocycles. The first-order chi connectivity index (χ1) is 18.1. The van der Waals surface area contributed by atoms with E-state index in [2.05, 4.69) is 5.32 Å². The Hall–Kier alpha value is -2.21. The van der Waals surface area contributed by atoms with E-state index < -0.39 is 51.9 Å². The molecule has 7 nitrogen and oxygen atoms in total. The molecule has 2 amide bonds. The van der Waals surface area contributed by atoms with Gasteiger partial charge in [-0.1, -0.05) is 53.7 Å². The van der Waals surface area contributed by atoms with E-state index in [0.29, 0.717) is 27.0 Å². The first kappa shape index (κ1) is 31.3. The first-order valence-electron chi connectivity index (χ1n) is 12.0. The summed E-state index contributed by atoms with van der Waals surface area (Å²) in [5.74, 6) is -1.31. The number of carbonyl (C=O) groups excluding carboxylic acids is 2. The molecule has 1 aliphatic rings. The summed E-state index contributed by atoms with van der Waals surface area (Å²) < 4.78 is 66.0. The molecule has 0 aliphatic heterocycles. The molecule has 2 aromatic carbocycles. The van der Waals surface area contributed by atoms with E-state index in [9.17, 15) is 31.2 Å². The molecule has 0 bridgehead atoms. The molecular weight excluding hydrogens is 602 g/mol. The number of hydrogen-bond donors (Lipinski definition) is 1. The highest BCUT2D eigenvalue weighted by Gasteiger charge is 2.35. The molecular formula is C25H27Cl3F3N3O4S. The standard InChI is InChI=1S/C25H27Cl3F3N3O4S/c1-15(24(36)32-19-5-3-4-6-19)33(13-16-7-9-18(26)12-21(16)28)23(35)14-34(39(2,37)38)22-11-17(25(29,30)31)8-10-20(22)27/h7-12,15,19H,3-6,13-14H2,1-2H3,(H,32,36)/t15-/m0/s1. The van der Waals surface area contributed by atoms with Gasteiger partial charge in [0.1, 0.15) is 12.6 Å². The lowest BCUT2D eigenvalue weighted by molar-refractivity contribution is -0.139. The molecule has 0 radical (unpaired) electrons. The number of benzene rings is 2. The van der Waals surface area contributed by atoms with Crippen molar-refractivity contribution in [3.63, 3.8) is 0 Å². The molecule has 1 saturated carbocycles. The minimum atomic E-state index is -4.78. The van der Waals surface area contributed by atoms with Gasteiger partial charge in [-0.25, -0.2) is 8.42 Å². The Morgan fingerprint density at radius 2 is 1.69 bits per heavy atom. The second-order valence-electron chi connectivity index (χ2n) is 9.36. The number of sulfonamides is 1. The van der Waals surface area contributed by atoms with Gasteiger partial charge in [-0.3, -0.25) is 13.9 Å². The maximum absolute atomic E-state index is 13.6. The van der Waals surface area contributed by atoms with Gasteiger partial charge in [-0.05, 0) is 55.7 Å². The topological polar surface area (TPSA) is 86.8 Å². The van der Waals surface area contributed by atoms with Gasteiger partial charge in [0.05, 0.1) is 22.5 Å². The van der Waals surface area contributed by atoms with Gasteiger partial charge in [0.2, 0.25) is 21.8 Å². The predicted octanol–water partition coefficient (Wildman–Crippen LogP) is 5.91. The fraction of sp³-hybridized carbons (Fsp3) is 0.440. The van der Waals surface area contributed by atoms with Crippen LogP contribution < -0.4 is 9.62 Å². The molecule has 1 fully saturated rings. The van der Waals surface area contributed by atoms with Crippen LogP contribution in [0.1, 0.15) is 43.7 Å². The fourth-order valence-corrected chi connectivity index (χ4v) is 5.87. The van der Waals surface area contributed by atoms with E-state index in [-0.39, 0.29) is 22.6 Å². The number of carbonyl (C=O) groups is 2. The van der Waals surface area contributed by atoms with Crippen molar-refractivity contribution < 1.29 is 31.2 Å². The minimum Gasteiger partial charge on any atom is -0.352 e. The molecule has 1 atom stereocenters. The SMILES string of the molecule is C[C@@H](C(=O)NC1CCCC1)N(Cc1ccc(Cl)cc1Cl)C(=O)CN(c1cc(C(F)(F)F)ccc1Cl)S(C)(=O)=O. The van der Waals surface area contributed by atoms with E-state index in [4.69, 9.17) is 34.8 Å². The van der Waals surface area contributed by atoms with E-state index in [0.717, 1.165) is 42.9 Å². The van der Waals surface area contributed by atoms with Crippen LogP contribution in [-0.2, 0) is 32.3 Å². The van der Waals surface area contributed by atoms with Crippen LogP contribution in [0.4, 0.5) is 18.9 Å². The summed E-state index contributed by atoms with van der Waals surface area (Å²) in [7, 11) is -4.29. The third-order valence-electron chi connectivity index (χ3n) is 6.45. The van der Waals surface area contributed by atoms with Gasteiger partial charge in [0.15, 0.2) is 0 Å². The van der Waals surface area contributed by atoms with Crippen molar-refractivity contribution in [2.75, 3.05) is 17.1 Å². The van der Waals surface area contributed by atoms with Crippen molar-refractivity contribution in [2.45, 2.75) is 57.4 Å². The lowest BCUT2D eigenvalue weighted by Crippen LogP contribution is -2.52. The summed E-state index contributed by atoms with van der Waals surface area (Å²) in [6.45, 7) is 0.377. The first-order valence-corrected chi connectivity index (χ1v) is 14.9. The molecule has 0 aromatic heterocycles. The summed E-state index contributed by atoms with van der Waals surface area (Å²) in [5.41, 5.74) is -1.23. The normalized spacial score (nSPS) is 15.2. The zero-order valence-corrected chi connectivity index (χ0v) is 24.1. The van der Waals surface area contributed by atoms with E-state index in [1.807, 2.05) is 0 Å². The second kappa shape index (κ2) is 12.5. The molecule has 39 heavy (non-hydrogen) atoms. The number of amides is 2. The molecule has 1 aliphatic carbocycles. The molecule has 14 heteroatoms. The summed E-state index contributed by atoms with van der Waals surface area (Å²) in [4.78, 5) is 27.9. The highest BCUT2D eigenvalue weighted by atomic mass is 35.5. The lowest BCUT2D eigenvalue weighted by atomic mass is 10.1. The summed E-state index contributed by atoms with van der Waals surface area (Å²) >= 11 is 18.4. The highest BCUT2D eigenvalue weighted by Crippen LogP contribution is 2.36. The van der Waals surface area contributed by atoms with Crippen LogP contribution in [0.2, 0.25) is 15.1 Å².